The minimum atomic E-state index is 0.269. The Kier molecular flexibility index (Phi) is 4.31. The number of methoxy groups -OCH3 is 1. The molecule has 3 heteroatoms. The third kappa shape index (κ3) is 3.08. The van der Waals surface area contributed by atoms with Gasteiger partial charge in [-0.05, 0) is 36.9 Å². The van der Waals surface area contributed by atoms with Crippen LogP contribution in [0.1, 0.15) is 17.3 Å². The largest absolute Gasteiger partial charge is 0.497 e. The van der Waals surface area contributed by atoms with Crippen molar-refractivity contribution in [2.45, 2.75) is 12.5 Å². The summed E-state index contributed by atoms with van der Waals surface area (Å²) >= 11 is 0. The monoisotopic (exact) mass is 242 g/mol. The van der Waals surface area contributed by atoms with E-state index in [1.165, 1.54) is 5.56 Å². The zero-order valence-electron chi connectivity index (χ0n) is 10.8. The van der Waals surface area contributed by atoms with Crippen LogP contribution < -0.4 is 10.1 Å². The normalized spacial score (nSPS) is 12.1. The zero-order valence-corrected chi connectivity index (χ0v) is 10.8. The molecule has 0 saturated carbocycles. The molecule has 2 rings (SSSR count). The SMILES string of the molecule is CNC(Cc1ccccn1)c1ccc(OC)cc1. The Labute approximate surface area is 108 Å². The minimum Gasteiger partial charge on any atom is -0.497 e. The molecule has 0 aliphatic rings. The van der Waals surface area contributed by atoms with Crippen molar-refractivity contribution in [2.75, 3.05) is 14.2 Å². The molecule has 1 heterocycles. The maximum absolute atomic E-state index is 5.17. The Hall–Kier alpha value is -1.87. The van der Waals surface area contributed by atoms with E-state index in [4.69, 9.17) is 4.74 Å². The van der Waals surface area contributed by atoms with Crippen LogP contribution in [0.4, 0.5) is 0 Å². The molecule has 3 nitrogen and oxygen atoms in total. The van der Waals surface area contributed by atoms with Crippen molar-refractivity contribution in [3.05, 3.63) is 59.9 Å². The standard InChI is InChI=1S/C15H18N2O/c1-16-15(11-13-5-3-4-10-17-13)12-6-8-14(18-2)9-7-12/h3-10,15-16H,11H2,1-2H3. The summed E-state index contributed by atoms with van der Waals surface area (Å²) in [5.74, 6) is 0.881. The molecule has 1 aromatic carbocycles. The number of pyridine rings is 1. The van der Waals surface area contributed by atoms with Gasteiger partial charge in [0.1, 0.15) is 5.75 Å². The Bertz CT molecular complexity index is 468. The van der Waals surface area contributed by atoms with Gasteiger partial charge >= 0.3 is 0 Å². The molecule has 0 amide bonds. The average molecular weight is 242 g/mol. The van der Waals surface area contributed by atoms with Crippen molar-refractivity contribution in [2.24, 2.45) is 0 Å². The van der Waals surface area contributed by atoms with Crippen LogP contribution in [-0.4, -0.2) is 19.1 Å². The lowest BCUT2D eigenvalue weighted by molar-refractivity contribution is 0.414. The number of hydrogen-bond acceptors (Lipinski definition) is 3. The third-order valence-corrected chi connectivity index (χ3v) is 3.01. The van der Waals surface area contributed by atoms with Crippen LogP contribution in [0.3, 0.4) is 0 Å². The van der Waals surface area contributed by atoms with Crippen molar-refractivity contribution >= 4 is 0 Å². The second-order valence-corrected chi connectivity index (χ2v) is 4.14. The first-order valence-electron chi connectivity index (χ1n) is 6.04. The average Bonchev–Trinajstić information content (AvgIpc) is 2.46. The van der Waals surface area contributed by atoms with Gasteiger partial charge in [-0.3, -0.25) is 4.98 Å². The molecule has 18 heavy (non-hydrogen) atoms. The molecule has 1 atom stereocenters. The van der Waals surface area contributed by atoms with Crippen LogP contribution in [0.25, 0.3) is 0 Å². The summed E-state index contributed by atoms with van der Waals surface area (Å²) in [6.07, 6.45) is 2.71. The summed E-state index contributed by atoms with van der Waals surface area (Å²) in [5, 5.41) is 3.32. The van der Waals surface area contributed by atoms with Gasteiger partial charge in [-0.15, -0.1) is 0 Å². The maximum Gasteiger partial charge on any atom is 0.118 e. The van der Waals surface area contributed by atoms with E-state index in [2.05, 4.69) is 22.4 Å². The van der Waals surface area contributed by atoms with Gasteiger partial charge in [0.05, 0.1) is 7.11 Å². The van der Waals surface area contributed by atoms with Gasteiger partial charge < -0.3 is 10.1 Å². The lowest BCUT2D eigenvalue weighted by Crippen LogP contribution is -2.19. The summed E-state index contributed by atoms with van der Waals surface area (Å²) in [6, 6.07) is 14.4. The number of hydrogen-bond donors (Lipinski definition) is 1. The van der Waals surface area contributed by atoms with E-state index in [1.807, 2.05) is 43.6 Å². The molecule has 0 saturated heterocycles. The highest BCUT2D eigenvalue weighted by Gasteiger charge is 2.10. The highest BCUT2D eigenvalue weighted by Crippen LogP contribution is 2.20. The Morgan fingerprint density at radius 1 is 1.17 bits per heavy atom. The summed E-state index contributed by atoms with van der Waals surface area (Å²) in [5.41, 5.74) is 2.33. The first kappa shape index (κ1) is 12.6. The van der Waals surface area contributed by atoms with Gasteiger partial charge in [0.2, 0.25) is 0 Å². The van der Waals surface area contributed by atoms with Gasteiger partial charge in [0, 0.05) is 24.4 Å². The predicted octanol–water partition coefficient (Wildman–Crippen LogP) is 2.59. The first-order valence-corrected chi connectivity index (χ1v) is 6.04. The van der Waals surface area contributed by atoms with Crippen molar-refractivity contribution in [1.29, 1.82) is 0 Å². The summed E-state index contributed by atoms with van der Waals surface area (Å²) in [7, 11) is 3.65. The highest BCUT2D eigenvalue weighted by molar-refractivity contribution is 5.29. The van der Waals surface area contributed by atoms with E-state index in [-0.39, 0.29) is 6.04 Å². The fraction of sp³-hybridized carbons (Fsp3) is 0.267. The molecule has 94 valence electrons. The van der Waals surface area contributed by atoms with Gasteiger partial charge in [-0.25, -0.2) is 0 Å². The highest BCUT2D eigenvalue weighted by atomic mass is 16.5. The lowest BCUT2D eigenvalue weighted by Gasteiger charge is -2.16. The fourth-order valence-electron chi connectivity index (χ4n) is 1.95. The number of likely N-dealkylation sites (N-methyl/N-ethyl adjacent to an activating group) is 1. The van der Waals surface area contributed by atoms with Gasteiger partial charge in [0.25, 0.3) is 0 Å². The molecule has 0 spiro atoms. The fourth-order valence-corrected chi connectivity index (χ4v) is 1.95. The van der Waals surface area contributed by atoms with Crippen molar-refractivity contribution in [3.8, 4) is 5.75 Å². The molecule has 1 N–H and O–H groups in total. The number of rotatable bonds is 5. The number of aromatic nitrogens is 1. The first-order chi connectivity index (χ1) is 8.83. The van der Waals surface area contributed by atoms with E-state index in [9.17, 15) is 0 Å². The van der Waals surface area contributed by atoms with Crippen molar-refractivity contribution < 1.29 is 4.74 Å². The van der Waals surface area contributed by atoms with Crippen LogP contribution >= 0.6 is 0 Å². The minimum absolute atomic E-state index is 0.269. The molecule has 0 aliphatic heterocycles. The number of nitrogens with zero attached hydrogens (tertiary/aromatic N) is 1. The second-order valence-electron chi connectivity index (χ2n) is 4.14. The van der Waals surface area contributed by atoms with Crippen molar-refractivity contribution in [1.82, 2.24) is 10.3 Å². The maximum atomic E-state index is 5.17. The smallest absolute Gasteiger partial charge is 0.118 e. The van der Waals surface area contributed by atoms with E-state index in [0.717, 1.165) is 17.9 Å². The predicted molar refractivity (Wildman–Crippen MR) is 72.7 cm³/mol. The van der Waals surface area contributed by atoms with E-state index in [1.54, 1.807) is 7.11 Å². The zero-order chi connectivity index (χ0) is 12.8. The van der Waals surface area contributed by atoms with E-state index in [0.29, 0.717) is 0 Å². The number of nitrogens with one attached hydrogen (secondary N) is 1. The second kappa shape index (κ2) is 6.17. The Balaban J connectivity index is 2.12. The Morgan fingerprint density at radius 2 is 1.94 bits per heavy atom. The molecule has 1 aromatic heterocycles. The summed E-state index contributed by atoms with van der Waals surface area (Å²) in [4.78, 5) is 4.36. The van der Waals surface area contributed by atoms with Crippen molar-refractivity contribution in [3.63, 3.8) is 0 Å². The molecular weight excluding hydrogens is 224 g/mol. The summed E-state index contributed by atoms with van der Waals surface area (Å²) in [6.45, 7) is 0. The van der Waals surface area contributed by atoms with Gasteiger partial charge in [-0.2, -0.15) is 0 Å². The molecule has 2 aromatic rings. The van der Waals surface area contributed by atoms with Gasteiger partial charge in [-0.1, -0.05) is 18.2 Å². The van der Waals surface area contributed by atoms with Crippen LogP contribution in [0.5, 0.6) is 5.75 Å². The van der Waals surface area contributed by atoms with Crippen LogP contribution in [-0.2, 0) is 6.42 Å². The third-order valence-electron chi connectivity index (χ3n) is 3.01. The van der Waals surface area contributed by atoms with Crippen LogP contribution in [0, 0.1) is 0 Å². The molecule has 0 radical (unpaired) electrons. The van der Waals surface area contributed by atoms with Crippen LogP contribution in [0.15, 0.2) is 48.7 Å². The number of benzene rings is 1. The quantitative estimate of drug-likeness (QED) is 0.875. The van der Waals surface area contributed by atoms with E-state index >= 15 is 0 Å². The molecular formula is C15H18N2O. The van der Waals surface area contributed by atoms with Crippen LogP contribution in [0.2, 0.25) is 0 Å². The van der Waals surface area contributed by atoms with E-state index < -0.39 is 0 Å². The topological polar surface area (TPSA) is 34.2 Å². The Morgan fingerprint density at radius 3 is 2.50 bits per heavy atom. The molecule has 0 bridgehead atoms. The summed E-state index contributed by atoms with van der Waals surface area (Å²) < 4.78 is 5.17. The molecule has 1 unspecified atom stereocenters. The van der Waals surface area contributed by atoms with Gasteiger partial charge in [0.15, 0.2) is 0 Å². The number of ether oxygens (including phenoxy) is 1. The molecule has 0 aliphatic carbocycles. The molecule has 0 fully saturated rings. The lowest BCUT2D eigenvalue weighted by atomic mass is 10.0.